The van der Waals surface area contributed by atoms with Crippen molar-refractivity contribution in [2.24, 2.45) is 0 Å². The second-order valence-corrected chi connectivity index (χ2v) is 4.80. The Morgan fingerprint density at radius 3 is 2.83 bits per heavy atom. The van der Waals surface area contributed by atoms with Gasteiger partial charge in [0.05, 0.1) is 13.0 Å². The predicted octanol–water partition coefficient (Wildman–Crippen LogP) is 0.615. The van der Waals surface area contributed by atoms with Crippen molar-refractivity contribution < 1.29 is 19.1 Å². The summed E-state index contributed by atoms with van der Waals surface area (Å²) in [7, 11) is 0. The van der Waals surface area contributed by atoms with Crippen LogP contribution in [-0.2, 0) is 14.3 Å². The smallest absolute Gasteiger partial charge is 0.307 e. The van der Waals surface area contributed by atoms with Crippen LogP contribution >= 0.6 is 11.8 Å². The predicted molar refractivity (Wildman–Crippen MR) is 68.3 cm³/mol. The number of rotatable bonds is 7. The summed E-state index contributed by atoms with van der Waals surface area (Å²) in [5, 5.41) is 2.66. The fourth-order valence-corrected chi connectivity index (χ4v) is 2.34. The summed E-state index contributed by atoms with van der Waals surface area (Å²) in [4.78, 5) is 35.4. The van der Waals surface area contributed by atoms with Crippen molar-refractivity contribution in [1.29, 1.82) is 0 Å². The molecule has 18 heavy (non-hydrogen) atoms. The van der Waals surface area contributed by atoms with Gasteiger partial charge in [0.25, 0.3) is 5.24 Å². The molecule has 6 nitrogen and oxygen atoms in total. The van der Waals surface area contributed by atoms with E-state index in [2.05, 4.69) is 5.32 Å². The standard InChI is InChI=1S/C11H18N2O4S/c1-2-17-10(15)3-5-12-9(14)4-6-13-7-8-18-11(13)16/h2-8H2,1H3,(H,12,14). The van der Waals surface area contributed by atoms with Crippen molar-refractivity contribution in [1.82, 2.24) is 10.2 Å². The SMILES string of the molecule is CCOC(=O)CCNC(=O)CCN1CCSC1=O. The zero-order chi connectivity index (χ0) is 13.4. The molecule has 0 spiro atoms. The number of nitrogens with one attached hydrogen (secondary N) is 1. The zero-order valence-corrected chi connectivity index (χ0v) is 11.3. The summed E-state index contributed by atoms with van der Waals surface area (Å²) < 4.78 is 4.73. The third-order valence-electron chi connectivity index (χ3n) is 2.41. The van der Waals surface area contributed by atoms with Crippen LogP contribution in [0.2, 0.25) is 0 Å². The molecule has 1 fully saturated rings. The third kappa shape index (κ3) is 5.39. The van der Waals surface area contributed by atoms with E-state index in [1.165, 1.54) is 11.8 Å². The van der Waals surface area contributed by atoms with E-state index in [1.54, 1.807) is 11.8 Å². The second kappa shape index (κ2) is 7.97. The molecule has 1 rings (SSSR count). The minimum absolute atomic E-state index is 0.0364. The van der Waals surface area contributed by atoms with Crippen molar-refractivity contribution in [2.45, 2.75) is 19.8 Å². The van der Waals surface area contributed by atoms with E-state index in [1.807, 2.05) is 0 Å². The van der Waals surface area contributed by atoms with Crippen molar-refractivity contribution in [3.8, 4) is 0 Å². The Hall–Kier alpha value is -1.24. The Kier molecular flexibility index (Phi) is 6.56. The Morgan fingerprint density at radius 1 is 1.44 bits per heavy atom. The minimum atomic E-state index is -0.316. The van der Waals surface area contributed by atoms with Gasteiger partial charge in [0.15, 0.2) is 0 Å². The largest absolute Gasteiger partial charge is 0.466 e. The molecule has 7 heteroatoms. The van der Waals surface area contributed by atoms with E-state index in [0.29, 0.717) is 19.7 Å². The van der Waals surface area contributed by atoms with E-state index in [0.717, 1.165) is 5.75 Å². The van der Waals surface area contributed by atoms with Gasteiger partial charge in [-0.05, 0) is 6.92 Å². The highest BCUT2D eigenvalue weighted by Gasteiger charge is 2.21. The van der Waals surface area contributed by atoms with Crippen LogP contribution in [-0.4, -0.2) is 54.0 Å². The number of hydrogen-bond donors (Lipinski definition) is 1. The Morgan fingerprint density at radius 2 is 2.22 bits per heavy atom. The summed E-state index contributed by atoms with van der Waals surface area (Å²) in [6.07, 6.45) is 0.452. The van der Waals surface area contributed by atoms with Gasteiger partial charge < -0.3 is 15.0 Å². The summed E-state index contributed by atoms with van der Waals surface area (Å²) in [5.41, 5.74) is 0. The number of hydrogen-bond acceptors (Lipinski definition) is 5. The highest BCUT2D eigenvalue weighted by Crippen LogP contribution is 2.16. The maximum atomic E-state index is 11.4. The molecule has 2 amide bonds. The average molecular weight is 274 g/mol. The first-order valence-electron chi connectivity index (χ1n) is 5.97. The van der Waals surface area contributed by atoms with Crippen molar-refractivity contribution in [3.63, 3.8) is 0 Å². The Balaban J connectivity index is 2.07. The molecule has 0 bridgehead atoms. The molecule has 0 unspecified atom stereocenters. The highest BCUT2D eigenvalue weighted by atomic mass is 32.2. The number of carbonyl (C=O) groups is 3. The molecule has 0 atom stereocenters. The minimum Gasteiger partial charge on any atom is -0.466 e. The first-order chi connectivity index (χ1) is 8.63. The molecule has 0 aromatic carbocycles. The van der Waals surface area contributed by atoms with Crippen LogP contribution in [0.3, 0.4) is 0 Å². The lowest BCUT2D eigenvalue weighted by Gasteiger charge is -2.13. The van der Waals surface area contributed by atoms with Gasteiger partial charge in [0.1, 0.15) is 0 Å². The van der Waals surface area contributed by atoms with Gasteiger partial charge >= 0.3 is 5.97 Å². The number of carbonyl (C=O) groups excluding carboxylic acids is 3. The number of amides is 2. The van der Waals surface area contributed by atoms with Crippen LogP contribution in [0.25, 0.3) is 0 Å². The number of thioether (sulfide) groups is 1. The van der Waals surface area contributed by atoms with E-state index < -0.39 is 0 Å². The molecular weight excluding hydrogens is 256 g/mol. The molecule has 0 aromatic heterocycles. The molecule has 0 aliphatic carbocycles. The number of ether oxygens (including phenoxy) is 1. The van der Waals surface area contributed by atoms with Crippen LogP contribution in [0.15, 0.2) is 0 Å². The molecule has 1 saturated heterocycles. The van der Waals surface area contributed by atoms with Gasteiger partial charge in [-0.3, -0.25) is 14.4 Å². The van der Waals surface area contributed by atoms with Crippen LogP contribution in [0.1, 0.15) is 19.8 Å². The van der Waals surface area contributed by atoms with Crippen LogP contribution in [0.5, 0.6) is 0 Å². The van der Waals surface area contributed by atoms with Crippen molar-refractivity contribution >= 4 is 28.9 Å². The first-order valence-corrected chi connectivity index (χ1v) is 6.96. The van der Waals surface area contributed by atoms with E-state index in [4.69, 9.17) is 4.74 Å². The van der Waals surface area contributed by atoms with Crippen LogP contribution in [0, 0.1) is 0 Å². The van der Waals surface area contributed by atoms with E-state index >= 15 is 0 Å². The summed E-state index contributed by atoms with van der Waals surface area (Å²) in [6.45, 7) is 3.51. The van der Waals surface area contributed by atoms with Crippen molar-refractivity contribution in [2.75, 3.05) is 32.0 Å². The highest BCUT2D eigenvalue weighted by molar-refractivity contribution is 8.13. The lowest BCUT2D eigenvalue weighted by atomic mass is 10.3. The summed E-state index contributed by atoms with van der Waals surface area (Å²) in [5.74, 6) is 0.330. The molecular formula is C11H18N2O4S. The Labute approximate surface area is 110 Å². The van der Waals surface area contributed by atoms with Crippen molar-refractivity contribution in [3.05, 3.63) is 0 Å². The molecule has 0 saturated carbocycles. The Bertz CT molecular complexity index is 322. The molecule has 0 radical (unpaired) electrons. The summed E-state index contributed by atoms with van der Waals surface area (Å²) in [6, 6.07) is 0. The fraction of sp³-hybridized carbons (Fsp3) is 0.727. The maximum absolute atomic E-state index is 11.4. The van der Waals surface area contributed by atoms with Gasteiger partial charge in [-0.2, -0.15) is 0 Å². The molecule has 1 aliphatic heterocycles. The number of nitrogens with zero attached hydrogens (tertiary/aromatic N) is 1. The molecule has 0 aromatic rings. The second-order valence-electron chi connectivity index (χ2n) is 3.76. The monoisotopic (exact) mass is 274 g/mol. The van der Waals surface area contributed by atoms with Crippen LogP contribution in [0.4, 0.5) is 4.79 Å². The molecule has 1 heterocycles. The lowest BCUT2D eigenvalue weighted by Crippen LogP contribution is -2.32. The van der Waals surface area contributed by atoms with Gasteiger partial charge in [0.2, 0.25) is 5.91 Å². The summed E-state index contributed by atoms with van der Waals surface area (Å²) >= 11 is 1.28. The third-order valence-corrected chi connectivity index (χ3v) is 3.30. The number of esters is 1. The van der Waals surface area contributed by atoms with Gasteiger partial charge in [-0.15, -0.1) is 0 Å². The fourth-order valence-electron chi connectivity index (χ4n) is 1.49. The van der Waals surface area contributed by atoms with E-state index in [-0.39, 0.29) is 36.5 Å². The first kappa shape index (κ1) is 14.8. The molecule has 1 N–H and O–H groups in total. The van der Waals surface area contributed by atoms with Gasteiger partial charge in [-0.25, -0.2) is 0 Å². The van der Waals surface area contributed by atoms with Gasteiger partial charge in [-0.1, -0.05) is 11.8 Å². The topological polar surface area (TPSA) is 75.7 Å². The molecule has 102 valence electrons. The normalized spacial score (nSPS) is 14.7. The maximum Gasteiger partial charge on any atom is 0.307 e. The average Bonchev–Trinajstić information content (AvgIpc) is 2.72. The quantitative estimate of drug-likeness (QED) is 0.689. The van der Waals surface area contributed by atoms with Gasteiger partial charge in [0, 0.05) is 31.8 Å². The van der Waals surface area contributed by atoms with Crippen LogP contribution < -0.4 is 5.32 Å². The van der Waals surface area contributed by atoms with E-state index in [9.17, 15) is 14.4 Å². The molecule has 1 aliphatic rings. The zero-order valence-electron chi connectivity index (χ0n) is 10.4. The lowest BCUT2D eigenvalue weighted by molar-refractivity contribution is -0.143.